The zero-order chi connectivity index (χ0) is 16.8. The number of Topliss-reactive ketones (excluding diaryl/α,β-unsaturated/α-hetero) is 1. The van der Waals surface area contributed by atoms with Crippen LogP contribution in [0.4, 0.5) is 10.1 Å². The second kappa shape index (κ2) is 7.54. The summed E-state index contributed by atoms with van der Waals surface area (Å²) in [6.07, 6.45) is -0.371. The van der Waals surface area contributed by atoms with Crippen molar-refractivity contribution < 1.29 is 18.7 Å². The molecule has 4 nitrogen and oxygen atoms in total. The van der Waals surface area contributed by atoms with Gasteiger partial charge >= 0.3 is 0 Å². The molecule has 2 aromatic carbocycles. The minimum Gasteiger partial charge on any atom is -0.481 e. The summed E-state index contributed by atoms with van der Waals surface area (Å²) >= 11 is 0. The van der Waals surface area contributed by atoms with Crippen LogP contribution in [0.5, 0.6) is 5.75 Å². The number of halogens is 1. The number of hydrogen-bond donors (Lipinski definition) is 1. The summed E-state index contributed by atoms with van der Waals surface area (Å²) in [6.45, 7) is 3.36. The molecule has 5 heteroatoms. The number of ketones is 1. The Labute approximate surface area is 134 Å². The van der Waals surface area contributed by atoms with E-state index in [-0.39, 0.29) is 11.5 Å². The summed E-state index contributed by atoms with van der Waals surface area (Å²) in [7, 11) is 0. The molecule has 0 fully saturated rings. The van der Waals surface area contributed by atoms with Crippen molar-refractivity contribution in [2.75, 3.05) is 5.32 Å². The fraction of sp³-hybridized carbons (Fsp3) is 0.222. The maximum absolute atomic E-state index is 13.5. The van der Waals surface area contributed by atoms with Gasteiger partial charge < -0.3 is 10.1 Å². The lowest BCUT2D eigenvalue weighted by Gasteiger charge is -2.15. The molecule has 0 aliphatic heterocycles. The molecule has 1 atom stereocenters. The molecule has 2 aromatic rings. The summed E-state index contributed by atoms with van der Waals surface area (Å²) in [5.41, 5.74) is 0.708. The van der Waals surface area contributed by atoms with Gasteiger partial charge in [-0.2, -0.15) is 0 Å². The van der Waals surface area contributed by atoms with E-state index in [0.717, 1.165) is 0 Å². The Bertz CT molecular complexity index is 698. The molecular formula is C18H18FNO3. The van der Waals surface area contributed by atoms with Crippen molar-refractivity contribution >= 4 is 17.4 Å². The predicted molar refractivity (Wildman–Crippen MR) is 86.2 cm³/mol. The summed E-state index contributed by atoms with van der Waals surface area (Å²) in [6, 6.07) is 12.5. The lowest BCUT2D eigenvalue weighted by Crippen LogP contribution is -2.30. The zero-order valence-electron chi connectivity index (χ0n) is 13.0. The van der Waals surface area contributed by atoms with Crippen LogP contribution in [-0.4, -0.2) is 17.8 Å². The number of benzene rings is 2. The molecule has 0 spiro atoms. The first kappa shape index (κ1) is 16.7. The number of nitrogens with one attached hydrogen (secondary N) is 1. The fourth-order valence-electron chi connectivity index (χ4n) is 1.98. The molecule has 0 heterocycles. The Morgan fingerprint density at radius 1 is 1.13 bits per heavy atom. The summed E-state index contributed by atoms with van der Waals surface area (Å²) in [5.74, 6) is -0.449. The molecule has 0 saturated heterocycles. The Hall–Kier alpha value is -2.69. The monoisotopic (exact) mass is 315 g/mol. The van der Waals surface area contributed by atoms with Crippen molar-refractivity contribution in [3.63, 3.8) is 0 Å². The summed E-state index contributed by atoms with van der Waals surface area (Å²) in [5, 5.41) is 2.48. The topological polar surface area (TPSA) is 55.4 Å². The van der Waals surface area contributed by atoms with Crippen molar-refractivity contribution in [3.8, 4) is 5.75 Å². The fourth-order valence-corrected chi connectivity index (χ4v) is 1.98. The molecule has 120 valence electrons. The van der Waals surface area contributed by atoms with E-state index in [9.17, 15) is 14.0 Å². The zero-order valence-corrected chi connectivity index (χ0v) is 13.0. The molecule has 23 heavy (non-hydrogen) atoms. The van der Waals surface area contributed by atoms with Crippen molar-refractivity contribution in [1.82, 2.24) is 0 Å². The molecule has 2 rings (SSSR count). The maximum atomic E-state index is 13.5. The smallest absolute Gasteiger partial charge is 0.265 e. The van der Waals surface area contributed by atoms with Crippen LogP contribution >= 0.6 is 0 Å². The molecule has 0 bridgehead atoms. The molecule has 1 amide bonds. The Morgan fingerprint density at radius 2 is 1.78 bits per heavy atom. The van der Waals surface area contributed by atoms with Gasteiger partial charge in [0.15, 0.2) is 11.9 Å². The van der Waals surface area contributed by atoms with Crippen LogP contribution in [0.15, 0.2) is 48.5 Å². The van der Waals surface area contributed by atoms with Crippen molar-refractivity contribution in [2.24, 2.45) is 0 Å². The second-order valence-corrected chi connectivity index (χ2v) is 5.03. The number of hydrogen-bond acceptors (Lipinski definition) is 3. The number of para-hydroxylation sites is 1. The van der Waals surface area contributed by atoms with Crippen molar-refractivity contribution in [1.29, 1.82) is 0 Å². The highest BCUT2D eigenvalue weighted by Crippen LogP contribution is 2.17. The van der Waals surface area contributed by atoms with E-state index in [1.165, 1.54) is 12.1 Å². The average molecular weight is 315 g/mol. The normalized spacial score (nSPS) is 11.6. The van der Waals surface area contributed by atoms with E-state index in [0.29, 0.717) is 17.7 Å². The summed E-state index contributed by atoms with van der Waals surface area (Å²) in [4.78, 5) is 23.6. The maximum Gasteiger partial charge on any atom is 0.265 e. The molecular weight excluding hydrogens is 297 g/mol. The van der Waals surface area contributed by atoms with Gasteiger partial charge in [-0.3, -0.25) is 9.59 Å². The summed E-state index contributed by atoms with van der Waals surface area (Å²) < 4.78 is 19.0. The highest BCUT2D eigenvalue weighted by atomic mass is 19.1. The van der Waals surface area contributed by atoms with Crippen LogP contribution in [-0.2, 0) is 4.79 Å². The van der Waals surface area contributed by atoms with Gasteiger partial charge in [0, 0.05) is 12.0 Å². The molecule has 0 aromatic heterocycles. The van der Waals surface area contributed by atoms with Gasteiger partial charge in [-0.25, -0.2) is 4.39 Å². The number of amides is 1. The third-order valence-electron chi connectivity index (χ3n) is 3.31. The Balaban J connectivity index is 1.98. The van der Waals surface area contributed by atoms with E-state index in [1.54, 1.807) is 50.2 Å². The minimum absolute atomic E-state index is 0.0434. The van der Waals surface area contributed by atoms with Gasteiger partial charge in [-0.1, -0.05) is 19.1 Å². The molecule has 0 aliphatic rings. The Kier molecular flexibility index (Phi) is 5.46. The van der Waals surface area contributed by atoms with Crippen LogP contribution in [0.2, 0.25) is 0 Å². The van der Waals surface area contributed by atoms with Gasteiger partial charge in [0.25, 0.3) is 5.91 Å². The number of anilines is 1. The SMILES string of the molecule is CCC(=O)c1ccc(OC(C)C(=O)Nc2ccccc2F)cc1. The van der Waals surface area contributed by atoms with Crippen LogP contribution < -0.4 is 10.1 Å². The van der Waals surface area contributed by atoms with Gasteiger partial charge in [0.2, 0.25) is 0 Å². The first-order valence-corrected chi connectivity index (χ1v) is 7.36. The lowest BCUT2D eigenvalue weighted by molar-refractivity contribution is -0.122. The number of carbonyl (C=O) groups is 2. The molecule has 0 saturated carbocycles. The average Bonchev–Trinajstić information content (AvgIpc) is 2.56. The third kappa shape index (κ3) is 4.39. The Morgan fingerprint density at radius 3 is 2.39 bits per heavy atom. The van der Waals surface area contributed by atoms with Crippen LogP contribution in [0.1, 0.15) is 30.6 Å². The van der Waals surface area contributed by atoms with Crippen molar-refractivity contribution in [3.05, 3.63) is 59.9 Å². The third-order valence-corrected chi connectivity index (χ3v) is 3.31. The predicted octanol–water partition coefficient (Wildman–Crippen LogP) is 3.82. The van der Waals surface area contributed by atoms with Crippen LogP contribution in [0.3, 0.4) is 0 Å². The highest BCUT2D eigenvalue weighted by Gasteiger charge is 2.16. The highest BCUT2D eigenvalue weighted by molar-refractivity contribution is 5.96. The molecule has 0 aliphatic carbocycles. The van der Waals surface area contributed by atoms with Crippen molar-refractivity contribution in [2.45, 2.75) is 26.4 Å². The molecule has 1 unspecified atom stereocenters. The van der Waals surface area contributed by atoms with Gasteiger partial charge in [-0.05, 0) is 43.3 Å². The number of rotatable bonds is 6. The van der Waals surface area contributed by atoms with E-state index in [4.69, 9.17) is 4.74 Å². The standard InChI is InChI=1S/C18H18FNO3/c1-3-17(21)13-8-10-14(11-9-13)23-12(2)18(22)20-16-7-5-4-6-15(16)19/h4-12H,3H2,1-2H3,(H,20,22). The second-order valence-electron chi connectivity index (χ2n) is 5.03. The van der Waals surface area contributed by atoms with E-state index >= 15 is 0 Å². The lowest BCUT2D eigenvalue weighted by atomic mass is 10.1. The molecule has 1 N–H and O–H groups in total. The number of carbonyl (C=O) groups excluding carboxylic acids is 2. The quantitative estimate of drug-likeness (QED) is 0.824. The first-order valence-electron chi connectivity index (χ1n) is 7.36. The first-order chi connectivity index (χ1) is 11.0. The van der Waals surface area contributed by atoms with E-state index in [1.807, 2.05) is 0 Å². The van der Waals surface area contributed by atoms with E-state index < -0.39 is 17.8 Å². The van der Waals surface area contributed by atoms with Gasteiger partial charge in [0.05, 0.1) is 5.69 Å². The largest absolute Gasteiger partial charge is 0.481 e. The van der Waals surface area contributed by atoms with Crippen LogP contribution in [0.25, 0.3) is 0 Å². The molecule has 0 radical (unpaired) electrons. The van der Waals surface area contributed by atoms with Gasteiger partial charge in [-0.15, -0.1) is 0 Å². The van der Waals surface area contributed by atoms with Gasteiger partial charge in [0.1, 0.15) is 11.6 Å². The number of ether oxygens (including phenoxy) is 1. The van der Waals surface area contributed by atoms with E-state index in [2.05, 4.69) is 5.32 Å². The minimum atomic E-state index is -0.803. The van der Waals surface area contributed by atoms with Crippen LogP contribution in [0, 0.1) is 5.82 Å².